The molecule has 29 heavy (non-hydrogen) atoms. The van der Waals surface area contributed by atoms with Gasteiger partial charge < -0.3 is 5.32 Å². The number of carbonyl (C=O) groups is 1. The van der Waals surface area contributed by atoms with Gasteiger partial charge in [-0.2, -0.15) is 4.31 Å². The van der Waals surface area contributed by atoms with Crippen LogP contribution in [0.2, 0.25) is 0 Å². The largest absolute Gasteiger partial charge is 0.326 e. The first-order valence-electron chi connectivity index (χ1n) is 9.75. The van der Waals surface area contributed by atoms with Gasteiger partial charge in [0.2, 0.25) is 15.9 Å². The average Bonchev–Trinajstić information content (AvgIpc) is 2.68. The molecule has 1 fully saturated rings. The molecule has 5 nitrogen and oxygen atoms in total. The lowest BCUT2D eigenvalue weighted by Crippen LogP contribution is -2.41. The summed E-state index contributed by atoms with van der Waals surface area (Å²) in [7, 11) is -3.62. The van der Waals surface area contributed by atoms with Gasteiger partial charge in [-0.1, -0.05) is 6.07 Å². The van der Waals surface area contributed by atoms with Crippen molar-refractivity contribution >= 4 is 21.6 Å². The monoisotopic (exact) mass is 418 g/mol. The highest BCUT2D eigenvalue weighted by atomic mass is 32.2. The fraction of sp³-hybridized carbons (Fsp3) is 0.409. The molecule has 7 heteroatoms. The van der Waals surface area contributed by atoms with E-state index in [1.165, 1.54) is 28.6 Å². The Labute approximate surface area is 172 Å². The number of anilines is 1. The highest BCUT2D eigenvalue weighted by Crippen LogP contribution is 2.31. The molecule has 1 aliphatic rings. The van der Waals surface area contributed by atoms with Crippen LogP contribution < -0.4 is 5.32 Å². The van der Waals surface area contributed by atoms with Crippen molar-refractivity contribution in [1.82, 2.24) is 4.31 Å². The number of benzene rings is 2. The number of piperidine rings is 1. The molecule has 2 aromatic rings. The summed E-state index contributed by atoms with van der Waals surface area (Å²) >= 11 is 0. The Bertz CT molecular complexity index is 999. The van der Waals surface area contributed by atoms with Crippen molar-refractivity contribution in [1.29, 1.82) is 0 Å². The number of sulfonamides is 1. The summed E-state index contributed by atoms with van der Waals surface area (Å²) in [4.78, 5) is 12.9. The van der Waals surface area contributed by atoms with Gasteiger partial charge in [-0.3, -0.25) is 4.79 Å². The number of halogens is 1. The van der Waals surface area contributed by atoms with Crippen LogP contribution in [0.4, 0.5) is 10.1 Å². The summed E-state index contributed by atoms with van der Waals surface area (Å²) in [6, 6.07) is 7.62. The normalized spacial score (nSPS) is 16.0. The molecule has 156 valence electrons. The van der Waals surface area contributed by atoms with Gasteiger partial charge in [0.25, 0.3) is 0 Å². The van der Waals surface area contributed by atoms with E-state index < -0.39 is 10.0 Å². The van der Waals surface area contributed by atoms with Crippen molar-refractivity contribution in [2.75, 3.05) is 18.4 Å². The second kappa shape index (κ2) is 8.24. The van der Waals surface area contributed by atoms with Gasteiger partial charge in [0.15, 0.2) is 0 Å². The zero-order valence-electron chi connectivity index (χ0n) is 17.3. The van der Waals surface area contributed by atoms with Crippen LogP contribution >= 0.6 is 0 Å². The minimum Gasteiger partial charge on any atom is -0.326 e. The van der Waals surface area contributed by atoms with Crippen LogP contribution in [0.3, 0.4) is 0 Å². The minimum absolute atomic E-state index is 0.160. The van der Waals surface area contributed by atoms with E-state index in [0.717, 1.165) is 22.3 Å². The minimum atomic E-state index is -3.62. The first-order chi connectivity index (χ1) is 13.6. The molecule has 1 aliphatic heterocycles. The van der Waals surface area contributed by atoms with E-state index in [2.05, 4.69) is 5.32 Å². The van der Waals surface area contributed by atoms with Crippen molar-refractivity contribution in [3.8, 4) is 0 Å². The summed E-state index contributed by atoms with van der Waals surface area (Å²) in [5, 5.41) is 2.78. The predicted octanol–water partition coefficient (Wildman–Crippen LogP) is 4.10. The van der Waals surface area contributed by atoms with Crippen LogP contribution in [0, 0.1) is 39.4 Å². The fourth-order valence-electron chi connectivity index (χ4n) is 3.83. The molecule has 3 rings (SSSR count). The predicted molar refractivity (Wildman–Crippen MR) is 112 cm³/mol. The molecule has 0 unspecified atom stereocenters. The zero-order chi connectivity index (χ0) is 21.3. The van der Waals surface area contributed by atoms with Gasteiger partial charge in [-0.25, -0.2) is 12.8 Å². The van der Waals surface area contributed by atoms with Crippen LogP contribution in [-0.4, -0.2) is 31.7 Å². The zero-order valence-corrected chi connectivity index (χ0v) is 18.1. The summed E-state index contributed by atoms with van der Waals surface area (Å²) in [5.41, 5.74) is 4.02. The maximum Gasteiger partial charge on any atom is 0.243 e. The maximum atomic E-state index is 13.3. The topological polar surface area (TPSA) is 66.5 Å². The average molecular weight is 419 g/mol. The molecule has 0 aliphatic carbocycles. The molecule has 0 saturated carbocycles. The van der Waals surface area contributed by atoms with Crippen molar-refractivity contribution in [3.63, 3.8) is 0 Å². The second-order valence-corrected chi connectivity index (χ2v) is 9.64. The third-order valence-electron chi connectivity index (χ3n) is 5.83. The fourth-order valence-corrected chi connectivity index (χ4v) is 5.88. The van der Waals surface area contributed by atoms with Crippen LogP contribution in [0.15, 0.2) is 35.2 Å². The van der Waals surface area contributed by atoms with Gasteiger partial charge >= 0.3 is 0 Å². The molecular formula is C22H27FN2O3S. The van der Waals surface area contributed by atoms with E-state index in [9.17, 15) is 17.6 Å². The summed E-state index contributed by atoms with van der Waals surface area (Å²) in [5.74, 6) is -0.793. The number of hydrogen-bond donors (Lipinski definition) is 1. The first kappa shape index (κ1) is 21.5. The number of amides is 1. The number of aryl methyl sites for hydroxylation is 2. The first-order valence-corrected chi connectivity index (χ1v) is 11.2. The van der Waals surface area contributed by atoms with Gasteiger partial charge in [0.1, 0.15) is 5.82 Å². The van der Waals surface area contributed by atoms with Gasteiger partial charge in [0, 0.05) is 24.7 Å². The Morgan fingerprint density at radius 3 is 2.03 bits per heavy atom. The molecule has 0 radical (unpaired) electrons. The molecule has 1 heterocycles. The maximum absolute atomic E-state index is 13.3. The Morgan fingerprint density at radius 1 is 1.00 bits per heavy atom. The molecule has 0 bridgehead atoms. The van der Waals surface area contributed by atoms with E-state index in [-0.39, 0.29) is 17.6 Å². The number of carbonyl (C=O) groups excluding carboxylic acids is 1. The second-order valence-electron chi connectivity index (χ2n) is 7.76. The number of nitrogens with one attached hydrogen (secondary N) is 1. The van der Waals surface area contributed by atoms with Crippen LogP contribution in [0.1, 0.15) is 35.1 Å². The highest BCUT2D eigenvalue weighted by Gasteiger charge is 2.34. The Kier molecular flexibility index (Phi) is 6.10. The quantitative estimate of drug-likeness (QED) is 0.813. The lowest BCUT2D eigenvalue weighted by atomic mass is 9.97. The van der Waals surface area contributed by atoms with Crippen LogP contribution in [0.5, 0.6) is 0 Å². The third kappa shape index (κ3) is 4.36. The Balaban J connectivity index is 1.72. The lowest BCUT2D eigenvalue weighted by molar-refractivity contribution is -0.120. The lowest BCUT2D eigenvalue weighted by Gasteiger charge is -2.31. The number of nitrogens with zero attached hydrogens (tertiary/aromatic N) is 1. The van der Waals surface area contributed by atoms with Crippen molar-refractivity contribution in [3.05, 3.63) is 58.4 Å². The van der Waals surface area contributed by atoms with E-state index >= 15 is 0 Å². The molecular weight excluding hydrogens is 391 g/mol. The van der Waals surface area contributed by atoms with Crippen molar-refractivity contribution < 1.29 is 17.6 Å². The van der Waals surface area contributed by atoms with Crippen LogP contribution in [0.25, 0.3) is 0 Å². The van der Waals surface area contributed by atoms with Gasteiger partial charge in [0.05, 0.1) is 4.90 Å². The molecule has 1 N–H and O–H groups in total. The number of rotatable bonds is 4. The highest BCUT2D eigenvalue weighted by molar-refractivity contribution is 7.89. The van der Waals surface area contributed by atoms with Crippen LogP contribution in [-0.2, 0) is 14.8 Å². The summed E-state index contributed by atoms with van der Waals surface area (Å²) in [6.07, 6.45) is 0.907. The SMILES string of the molecule is Cc1cc(C)c(C)c(S(=O)(=O)N2CCC(C(=O)Nc3ccc(F)cc3)CC2)c1C. The Morgan fingerprint density at radius 2 is 1.52 bits per heavy atom. The molecule has 0 spiro atoms. The van der Waals surface area contributed by atoms with E-state index in [1.54, 1.807) is 0 Å². The summed E-state index contributed by atoms with van der Waals surface area (Å²) < 4.78 is 41.1. The third-order valence-corrected chi connectivity index (χ3v) is 8.00. The van der Waals surface area contributed by atoms with E-state index in [1.807, 2.05) is 33.8 Å². The Hall–Kier alpha value is -2.25. The smallest absolute Gasteiger partial charge is 0.243 e. The van der Waals surface area contributed by atoms with E-state index in [0.29, 0.717) is 36.5 Å². The summed E-state index contributed by atoms with van der Waals surface area (Å²) in [6.45, 7) is 8.14. The molecule has 0 atom stereocenters. The molecule has 2 aromatic carbocycles. The van der Waals surface area contributed by atoms with E-state index in [4.69, 9.17) is 0 Å². The standard InChI is InChI=1S/C22H27FN2O3S/c1-14-13-15(2)17(4)21(16(14)3)29(27,28)25-11-9-18(10-12-25)22(26)24-20-7-5-19(23)6-8-20/h5-8,13,18H,9-12H2,1-4H3,(H,24,26). The number of hydrogen-bond acceptors (Lipinski definition) is 3. The molecule has 1 saturated heterocycles. The molecule has 0 aromatic heterocycles. The van der Waals surface area contributed by atoms with Crippen molar-refractivity contribution in [2.24, 2.45) is 5.92 Å². The van der Waals surface area contributed by atoms with Gasteiger partial charge in [-0.15, -0.1) is 0 Å². The van der Waals surface area contributed by atoms with Crippen molar-refractivity contribution in [2.45, 2.75) is 45.4 Å². The molecule has 1 amide bonds. The van der Waals surface area contributed by atoms with Gasteiger partial charge in [-0.05, 0) is 87.1 Å².